The second-order valence-electron chi connectivity index (χ2n) is 7.96. The Labute approximate surface area is 151 Å². The van der Waals surface area contributed by atoms with Crippen LogP contribution in [0.15, 0.2) is 0 Å². The Morgan fingerprint density at radius 3 is 2.31 bits per heavy atom. The van der Waals surface area contributed by atoms with Crippen molar-refractivity contribution in [2.75, 3.05) is 13.1 Å². The Morgan fingerprint density at radius 2 is 1.85 bits per heavy atom. The van der Waals surface area contributed by atoms with Gasteiger partial charge in [-0.25, -0.2) is 13.6 Å². The van der Waals surface area contributed by atoms with E-state index >= 15 is 0 Å². The monoisotopic (exact) mass is 370 g/mol. The molecular formula is C17H24F2N4O3. The van der Waals surface area contributed by atoms with Gasteiger partial charge in [0, 0.05) is 19.5 Å². The number of hydroxylamine groups is 2. The molecule has 1 spiro atoms. The van der Waals surface area contributed by atoms with Crippen molar-refractivity contribution in [1.29, 1.82) is 5.26 Å². The molecule has 0 radical (unpaired) electrons. The van der Waals surface area contributed by atoms with Crippen LogP contribution in [0.2, 0.25) is 0 Å². The van der Waals surface area contributed by atoms with E-state index in [9.17, 15) is 18.4 Å². The van der Waals surface area contributed by atoms with E-state index in [4.69, 9.17) is 10.1 Å². The molecule has 2 aliphatic carbocycles. The normalized spacial score (nSPS) is 24.2. The molecule has 2 N–H and O–H groups in total. The largest absolute Gasteiger partial charge is 0.426 e. The summed E-state index contributed by atoms with van der Waals surface area (Å²) in [5, 5.41) is 15.2. The molecule has 144 valence electrons. The third-order valence-corrected chi connectivity index (χ3v) is 5.45. The highest BCUT2D eigenvalue weighted by molar-refractivity contribution is 5.86. The van der Waals surface area contributed by atoms with Gasteiger partial charge in [-0.1, -0.05) is 0 Å². The van der Waals surface area contributed by atoms with Gasteiger partial charge in [0.05, 0.1) is 6.07 Å². The van der Waals surface area contributed by atoms with Gasteiger partial charge in [-0.15, -0.1) is 5.06 Å². The molecule has 3 aliphatic rings. The van der Waals surface area contributed by atoms with Crippen molar-refractivity contribution in [2.45, 2.75) is 69.4 Å². The Bertz CT molecular complexity index is 610. The zero-order valence-electron chi connectivity index (χ0n) is 14.8. The van der Waals surface area contributed by atoms with Crippen LogP contribution >= 0.6 is 0 Å². The summed E-state index contributed by atoms with van der Waals surface area (Å²) in [4.78, 5) is 29.5. The number of hydrogen-bond acceptors (Lipinski definition) is 5. The molecule has 2 amide bonds. The van der Waals surface area contributed by atoms with E-state index in [0.717, 1.165) is 12.8 Å². The van der Waals surface area contributed by atoms with Crippen LogP contribution in [0.5, 0.6) is 0 Å². The number of carbonyl (C=O) groups excluding carboxylic acids is 2. The molecule has 0 aromatic heterocycles. The lowest BCUT2D eigenvalue weighted by Crippen LogP contribution is -2.53. The third kappa shape index (κ3) is 4.81. The van der Waals surface area contributed by atoms with Gasteiger partial charge in [-0.2, -0.15) is 5.26 Å². The third-order valence-electron chi connectivity index (χ3n) is 5.45. The quantitative estimate of drug-likeness (QED) is 0.747. The van der Waals surface area contributed by atoms with Gasteiger partial charge in [-0.05, 0) is 50.9 Å². The van der Waals surface area contributed by atoms with Crippen molar-refractivity contribution < 1.29 is 23.2 Å². The molecule has 26 heavy (non-hydrogen) atoms. The van der Waals surface area contributed by atoms with E-state index in [1.165, 1.54) is 17.9 Å². The summed E-state index contributed by atoms with van der Waals surface area (Å²) in [5.74, 6) is -3.94. The Hall–Kier alpha value is -1.95. The molecule has 0 unspecified atom stereocenters. The Kier molecular flexibility index (Phi) is 4.82. The summed E-state index contributed by atoms with van der Waals surface area (Å²) in [5.41, 5.74) is -0.575. The highest BCUT2D eigenvalue weighted by Crippen LogP contribution is 2.53. The van der Waals surface area contributed by atoms with Crippen LogP contribution in [0.1, 0.15) is 51.9 Å². The number of nitrogens with zero attached hydrogens (tertiary/aromatic N) is 2. The molecule has 7 nitrogen and oxygen atoms in total. The first-order valence-electron chi connectivity index (χ1n) is 8.99. The van der Waals surface area contributed by atoms with Crippen LogP contribution in [-0.2, 0) is 9.63 Å². The highest BCUT2D eigenvalue weighted by Gasteiger charge is 2.47. The van der Waals surface area contributed by atoms with Crippen molar-refractivity contribution in [3.8, 4) is 6.07 Å². The van der Waals surface area contributed by atoms with E-state index in [1.807, 2.05) is 6.07 Å². The molecule has 1 heterocycles. The molecule has 0 aromatic rings. The lowest BCUT2D eigenvalue weighted by molar-refractivity contribution is -0.131. The van der Waals surface area contributed by atoms with Crippen molar-refractivity contribution in [3.05, 3.63) is 0 Å². The molecule has 1 saturated heterocycles. The predicted octanol–water partition coefficient (Wildman–Crippen LogP) is 2.09. The summed E-state index contributed by atoms with van der Waals surface area (Å²) in [6.45, 7) is 1.88. The average molecular weight is 370 g/mol. The van der Waals surface area contributed by atoms with Gasteiger partial charge >= 0.3 is 6.09 Å². The van der Waals surface area contributed by atoms with Gasteiger partial charge in [0.25, 0.3) is 0 Å². The van der Waals surface area contributed by atoms with Gasteiger partial charge in [0.1, 0.15) is 11.6 Å². The molecule has 1 atom stereocenters. The molecule has 3 rings (SSSR count). The minimum absolute atomic E-state index is 0.416. The number of rotatable bonds is 6. The van der Waals surface area contributed by atoms with E-state index in [1.54, 1.807) is 0 Å². The Morgan fingerprint density at radius 1 is 1.23 bits per heavy atom. The maximum atomic E-state index is 13.4. The number of nitriles is 1. The summed E-state index contributed by atoms with van der Waals surface area (Å²) in [6.07, 6.45) is 3.48. The van der Waals surface area contributed by atoms with Crippen molar-refractivity contribution in [1.82, 2.24) is 15.7 Å². The maximum absolute atomic E-state index is 13.4. The molecule has 2 saturated carbocycles. The molecule has 0 aromatic carbocycles. The first-order chi connectivity index (χ1) is 12.1. The lowest BCUT2D eigenvalue weighted by Gasteiger charge is -2.31. The number of piperidine rings is 1. The van der Waals surface area contributed by atoms with Crippen LogP contribution < -0.4 is 10.6 Å². The molecule has 0 bridgehead atoms. The topological polar surface area (TPSA) is 94.5 Å². The number of carbonyl (C=O) groups is 2. The molecule has 9 heteroatoms. The lowest BCUT2D eigenvalue weighted by atomic mass is 9.95. The first-order valence-corrected chi connectivity index (χ1v) is 8.99. The molecule has 1 aliphatic heterocycles. The fourth-order valence-corrected chi connectivity index (χ4v) is 3.29. The van der Waals surface area contributed by atoms with Gasteiger partial charge < -0.3 is 15.5 Å². The number of nitrogens with one attached hydrogen (secondary N) is 2. The number of halogens is 2. The smallest absolute Gasteiger partial charge is 0.351 e. The standard InChI is InChI=1S/C17H24F2N4O3/c1-15(18,19)10-12(13(24)22-17(11-20)4-5-17)21-14(25)26-23-8-6-16(2-3-16)7-9-23/h12H,2-10H2,1H3,(H,21,25)(H,22,24)/t12-/m0/s1. The Balaban J connectivity index is 1.53. The number of hydrogen-bond donors (Lipinski definition) is 2. The van der Waals surface area contributed by atoms with E-state index in [2.05, 4.69) is 10.6 Å². The summed E-state index contributed by atoms with van der Waals surface area (Å²) in [6, 6.07) is 0.497. The molecule has 3 fully saturated rings. The minimum atomic E-state index is -3.15. The minimum Gasteiger partial charge on any atom is -0.351 e. The second-order valence-corrected chi connectivity index (χ2v) is 7.96. The van der Waals surface area contributed by atoms with Crippen LogP contribution in [0.3, 0.4) is 0 Å². The predicted molar refractivity (Wildman–Crippen MR) is 86.8 cm³/mol. The molecular weight excluding hydrogens is 346 g/mol. The van der Waals surface area contributed by atoms with Crippen LogP contribution in [-0.4, -0.2) is 47.7 Å². The fourth-order valence-electron chi connectivity index (χ4n) is 3.29. The highest BCUT2D eigenvalue weighted by atomic mass is 19.3. The van der Waals surface area contributed by atoms with Crippen molar-refractivity contribution in [2.24, 2.45) is 5.41 Å². The number of alkyl halides is 2. The zero-order chi connectivity index (χ0) is 19.0. The van der Waals surface area contributed by atoms with Crippen LogP contribution in [0, 0.1) is 16.7 Å². The first kappa shape index (κ1) is 18.8. The maximum Gasteiger partial charge on any atom is 0.426 e. The second kappa shape index (κ2) is 6.65. The zero-order valence-corrected chi connectivity index (χ0v) is 14.8. The average Bonchev–Trinajstić information content (AvgIpc) is 3.46. The van der Waals surface area contributed by atoms with Crippen LogP contribution in [0.25, 0.3) is 0 Å². The number of amides is 2. The fraction of sp³-hybridized carbons (Fsp3) is 0.824. The van der Waals surface area contributed by atoms with Crippen molar-refractivity contribution in [3.63, 3.8) is 0 Å². The van der Waals surface area contributed by atoms with E-state index in [0.29, 0.717) is 38.3 Å². The van der Waals surface area contributed by atoms with Gasteiger partial charge in [-0.3, -0.25) is 4.79 Å². The van der Waals surface area contributed by atoms with Gasteiger partial charge in [0.15, 0.2) is 0 Å². The van der Waals surface area contributed by atoms with E-state index in [-0.39, 0.29) is 0 Å². The SMILES string of the molecule is CC(F)(F)C[C@H](NC(=O)ON1CCC2(CC1)CC2)C(=O)NC1(C#N)CC1. The van der Waals surface area contributed by atoms with E-state index < -0.39 is 35.9 Å². The van der Waals surface area contributed by atoms with Gasteiger partial charge in [0.2, 0.25) is 11.8 Å². The summed E-state index contributed by atoms with van der Waals surface area (Å²) < 4.78 is 26.8. The summed E-state index contributed by atoms with van der Waals surface area (Å²) in [7, 11) is 0. The van der Waals surface area contributed by atoms with Crippen molar-refractivity contribution >= 4 is 12.0 Å². The van der Waals surface area contributed by atoms with Crippen LogP contribution in [0.4, 0.5) is 13.6 Å². The summed E-state index contributed by atoms with van der Waals surface area (Å²) >= 11 is 0.